The lowest BCUT2D eigenvalue weighted by Crippen LogP contribution is -2.26. The Hall–Kier alpha value is -0.200. The summed E-state index contributed by atoms with van der Waals surface area (Å²) in [5.41, 5.74) is -0.242. The molecule has 0 fully saturated rings. The van der Waals surface area contributed by atoms with Crippen molar-refractivity contribution in [2.45, 2.75) is 31.8 Å². The van der Waals surface area contributed by atoms with E-state index in [0.29, 0.717) is 0 Å². The summed E-state index contributed by atoms with van der Waals surface area (Å²) in [5.74, 6) is 0. The van der Waals surface area contributed by atoms with E-state index in [0.717, 1.165) is 8.48 Å². The van der Waals surface area contributed by atoms with Crippen LogP contribution >= 0.6 is 22.6 Å². The fourth-order valence-electron chi connectivity index (χ4n) is 1.20. The monoisotopic (exact) mass is 364 g/mol. The largest absolute Gasteiger partial charge is 0.387 e. The van der Waals surface area contributed by atoms with Crippen molar-refractivity contribution in [3.05, 3.63) is 39.3 Å². The fraction of sp³-hybridized carbons (Fsp3) is 0.385. The zero-order valence-corrected chi connectivity index (χ0v) is 13.2. The molecule has 0 aromatic heterocycles. The Balaban J connectivity index is 2.87. The van der Waals surface area contributed by atoms with Crippen LogP contribution in [0.4, 0.5) is 0 Å². The molecule has 1 aromatic rings. The summed E-state index contributed by atoms with van der Waals surface area (Å²) in [6.45, 7) is 5.86. The molecule has 0 saturated carbocycles. The van der Waals surface area contributed by atoms with Crippen LogP contribution in [0.3, 0.4) is 0 Å². The minimum absolute atomic E-state index is 0.242. The van der Waals surface area contributed by atoms with Crippen molar-refractivity contribution >= 4 is 33.4 Å². The number of halogens is 1. The molecule has 2 nitrogen and oxygen atoms in total. The van der Waals surface area contributed by atoms with E-state index in [1.54, 1.807) is 5.41 Å². The quantitative estimate of drug-likeness (QED) is 0.834. The number of aliphatic hydroxyl groups is 1. The summed E-state index contributed by atoms with van der Waals surface area (Å²) in [6.07, 6.45) is -0.587. The van der Waals surface area contributed by atoms with E-state index in [1.807, 2.05) is 51.1 Å². The van der Waals surface area contributed by atoms with Crippen LogP contribution < -0.4 is 0 Å². The van der Waals surface area contributed by atoms with Gasteiger partial charge in [-0.1, -0.05) is 39.0 Å². The minimum atomic E-state index is -1.20. The highest BCUT2D eigenvalue weighted by Gasteiger charge is 2.24. The first-order valence-corrected chi connectivity index (χ1v) is 7.62. The lowest BCUT2D eigenvalue weighted by atomic mass is 9.89. The van der Waals surface area contributed by atoms with Gasteiger partial charge in [-0.3, -0.25) is 0 Å². The summed E-state index contributed by atoms with van der Waals surface area (Å²) in [4.78, 5) is 0.753. The molecule has 0 spiro atoms. The molecule has 94 valence electrons. The molecular formula is C13H17IO2S. The zero-order chi connectivity index (χ0) is 13.1. The average molecular weight is 364 g/mol. The Morgan fingerprint density at radius 2 is 1.88 bits per heavy atom. The SMILES string of the molecule is CC(C)(C)[C@H](O)/C(I)=C\[S@](=O)c1ccccc1. The molecular weight excluding hydrogens is 347 g/mol. The van der Waals surface area contributed by atoms with E-state index in [9.17, 15) is 9.32 Å². The van der Waals surface area contributed by atoms with Gasteiger partial charge in [0, 0.05) is 13.9 Å². The van der Waals surface area contributed by atoms with Crippen molar-refractivity contribution in [2.24, 2.45) is 5.41 Å². The maximum atomic E-state index is 12.0. The smallest absolute Gasteiger partial charge is 0.0900 e. The fourth-order valence-corrected chi connectivity index (χ4v) is 3.72. The van der Waals surface area contributed by atoms with Crippen molar-refractivity contribution < 1.29 is 9.32 Å². The molecule has 0 aliphatic heterocycles. The molecule has 1 N–H and O–H groups in total. The summed E-state index contributed by atoms with van der Waals surface area (Å²) < 4.78 is 12.7. The second-order valence-corrected chi connectivity index (χ2v) is 7.43. The van der Waals surface area contributed by atoms with Gasteiger partial charge in [0.05, 0.1) is 16.9 Å². The molecule has 0 unspecified atom stereocenters. The number of hydrogen-bond acceptors (Lipinski definition) is 2. The van der Waals surface area contributed by atoms with E-state index in [-0.39, 0.29) is 5.41 Å². The van der Waals surface area contributed by atoms with Gasteiger partial charge in [-0.25, -0.2) is 4.21 Å². The number of rotatable bonds is 3. The van der Waals surface area contributed by atoms with Crippen molar-refractivity contribution in [2.75, 3.05) is 0 Å². The molecule has 4 heteroatoms. The molecule has 0 amide bonds. The predicted molar refractivity (Wildman–Crippen MR) is 80.4 cm³/mol. The third-order valence-electron chi connectivity index (χ3n) is 2.28. The van der Waals surface area contributed by atoms with Crippen molar-refractivity contribution in [1.29, 1.82) is 0 Å². The first-order valence-electron chi connectivity index (χ1n) is 5.33. The molecule has 0 heterocycles. The second kappa shape index (κ2) is 6.11. The van der Waals surface area contributed by atoms with Gasteiger partial charge in [-0.15, -0.1) is 0 Å². The summed E-state index contributed by atoms with van der Waals surface area (Å²) >= 11 is 2.05. The van der Waals surface area contributed by atoms with Gasteiger partial charge in [-0.05, 0) is 40.1 Å². The molecule has 2 atom stereocenters. The third-order valence-corrected chi connectivity index (χ3v) is 4.81. The molecule has 0 aliphatic carbocycles. The minimum Gasteiger partial charge on any atom is -0.387 e. The van der Waals surface area contributed by atoms with E-state index >= 15 is 0 Å². The molecule has 1 rings (SSSR count). The van der Waals surface area contributed by atoms with E-state index in [1.165, 1.54) is 0 Å². The zero-order valence-electron chi connectivity index (χ0n) is 10.2. The molecule has 1 aromatic carbocycles. The van der Waals surface area contributed by atoms with Crippen LogP contribution in [-0.2, 0) is 10.8 Å². The highest BCUT2D eigenvalue weighted by molar-refractivity contribution is 14.1. The molecule has 17 heavy (non-hydrogen) atoms. The van der Waals surface area contributed by atoms with Gasteiger partial charge < -0.3 is 5.11 Å². The number of hydrogen-bond donors (Lipinski definition) is 1. The van der Waals surface area contributed by atoms with Crippen LogP contribution in [0.5, 0.6) is 0 Å². The predicted octanol–water partition coefficient (Wildman–Crippen LogP) is 3.48. The van der Waals surface area contributed by atoms with Crippen LogP contribution in [0.15, 0.2) is 44.2 Å². The van der Waals surface area contributed by atoms with Gasteiger partial charge in [-0.2, -0.15) is 0 Å². The van der Waals surface area contributed by atoms with Crippen LogP contribution in [-0.4, -0.2) is 15.4 Å². The molecule has 0 aliphatic rings. The summed E-state index contributed by atoms with van der Waals surface area (Å²) in [7, 11) is -1.20. The Labute approximate surface area is 119 Å². The lowest BCUT2D eigenvalue weighted by Gasteiger charge is -2.25. The number of benzene rings is 1. The van der Waals surface area contributed by atoms with Gasteiger partial charge >= 0.3 is 0 Å². The average Bonchev–Trinajstić information content (AvgIpc) is 2.27. The first kappa shape index (κ1) is 14.9. The first-order chi connectivity index (χ1) is 7.82. The van der Waals surface area contributed by atoms with Crippen LogP contribution in [0.25, 0.3) is 0 Å². The summed E-state index contributed by atoms with van der Waals surface area (Å²) in [5, 5.41) is 11.7. The van der Waals surface area contributed by atoms with Crippen molar-refractivity contribution in [3.63, 3.8) is 0 Å². The molecule has 0 bridgehead atoms. The van der Waals surface area contributed by atoms with Gasteiger partial charge in [0.25, 0.3) is 0 Å². The molecule has 0 radical (unpaired) electrons. The van der Waals surface area contributed by atoms with Crippen LogP contribution in [0.2, 0.25) is 0 Å². The number of aliphatic hydroxyl groups excluding tert-OH is 1. The Kier molecular flexibility index (Phi) is 5.34. The van der Waals surface area contributed by atoms with Gasteiger partial charge in [0.15, 0.2) is 0 Å². The van der Waals surface area contributed by atoms with Crippen molar-refractivity contribution in [1.82, 2.24) is 0 Å². The Morgan fingerprint density at radius 1 is 1.35 bits per heavy atom. The second-order valence-electron chi connectivity index (χ2n) is 4.88. The standard InChI is InChI=1S/C13H17IO2S/c1-13(2,3)12(15)11(14)9-17(16)10-7-5-4-6-8-10/h4-9,12,15H,1-3H3/b11-9+/t12-,17+/m1/s1. The van der Waals surface area contributed by atoms with Crippen LogP contribution in [0.1, 0.15) is 20.8 Å². The van der Waals surface area contributed by atoms with Crippen LogP contribution in [0, 0.1) is 5.41 Å². The normalized spacial score (nSPS) is 16.6. The van der Waals surface area contributed by atoms with Gasteiger partial charge in [0.1, 0.15) is 0 Å². The lowest BCUT2D eigenvalue weighted by molar-refractivity contribution is 0.104. The highest BCUT2D eigenvalue weighted by atomic mass is 127. The van der Waals surface area contributed by atoms with Crippen molar-refractivity contribution in [3.8, 4) is 0 Å². The maximum absolute atomic E-state index is 12.0. The topological polar surface area (TPSA) is 37.3 Å². The Morgan fingerprint density at radius 3 is 2.35 bits per heavy atom. The highest BCUT2D eigenvalue weighted by Crippen LogP contribution is 2.29. The van der Waals surface area contributed by atoms with Gasteiger partial charge in [0.2, 0.25) is 0 Å². The van der Waals surface area contributed by atoms with E-state index < -0.39 is 16.9 Å². The Bertz CT molecular complexity index is 421. The van der Waals surface area contributed by atoms with E-state index in [4.69, 9.17) is 0 Å². The maximum Gasteiger partial charge on any atom is 0.0900 e. The summed E-state index contributed by atoms with van der Waals surface area (Å²) in [6, 6.07) is 9.24. The van der Waals surface area contributed by atoms with E-state index in [2.05, 4.69) is 22.6 Å². The third kappa shape index (κ3) is 4.52. The molecule has 0 saturated heterocycles.